The lowest BCUT2D eigenvalue weighted by molar-refractivity contribution is -0.111. The van der Waals surface area contributed by atoms with Gasteiger partial charge in [-0.05, 0) is 6.08 Å². The summed E-state index contributed by atoms with van der Waals surface area (Å²) in [4.78, 5) is 14.0. The zero-order chi connectivity index (χ0) is 6.85. The third-order valence-corrected chi connectivity index (χ3v) is 0.990. The SMILES string of the molecule is C=CC1=C(O)C(=O)C=N1. The number of Topliss-reactive ketones (excluding diaryl/α,β-unsaturated/α-hetero) is 1. The first kappa shape index (κ1) is 5.75. The molecule has 0 saturated carbocycles. The second-order valence-corrected chi connectivity index (χ2v) is 1.56. The van der Waals surface area contributed by atoms with Crippen LogP contribution in [0.4, 0.5) is 0 Å². The number of ketones is 1. The van der Waals surface area contributed by atoms with E-state index < -0.39 is 5.78 Å². The van der Waals surface area contributed by atoms with Gasteiger partial charge in [0.25, 0.3) is 0 Å². The maximum atomic E-state index is 10.4. The van der Waals surface area contributed by atoms with Gasteiger partial charge in [-0.2, -0.15) is 0 Å². The highest BCUT2D eigenvalue weighted by molar-refractivity contribution is 6.36. The first-order valence-corrected chi connectivity index (χ1v) is 2.40. The van der Waals surface area contributed by atoms with Crippen molar-refractivity contribution >= 4 is 12.0 Å². The van der Waals surface area contributed by atoms with Crippen molar-refractivity contribution in [3.8, 4) is 0 Å². The number of hydrogen-bond donors (Lipinski definition) is 1. The zero-order valence-corrected chi connectivity index (χ0v) is 4.66. The molecule has 1 aliphatic rings. The Bertz CT molecular complexity index is 225. The first-order valence-electron chi connectivity index (χ1n) is 2.40. The molecule has 46 valence electrons. The Balaban J connectivity index is 3.05. The number of carbonyl (C=O) groups excluding carboxylic acids is 1. The van der Waals surface area contributed by atoms with Crippen molar-refractivity contribution < 1.29 is 9.90 Å². The summed E-state index contributed by atoms with van der Waals surface area (Å²) in [6.07, 6.45) is 2.39. The minimum atomic E-state index is -0.454. The summed E-state index contributed by atoms with van der Waals surface area (Å²) in [6.45, 7) is 3.34. The molecular formula is C6H5NO2. The van der Waals surface area contributed by atoms with Crippen LogP contribution >= 0.6 is 0 Å². The second-order valence-electron chi connectivity index (χ2n) is 1.56. The van der Waals surface area contributed by atoms with Crippen LogP contribution in [0.25, 0.3) is 0 Å². The smallest absolute Gasteiger partial charge is 0.240 e. The highest BCUT2D eigenvalue weighted by Crippen LogP contribution is 2.09. The van der Waals surface area contributed by atoms with Crippen molar-refractivity contribution in [2.75, 3.05) is 0 Å². The van der Waals surface area contributed by atoms with Gasteiger partial charge in [0.1, 0.15) is 5.70 Å². The average Bonchev–Trinajstić information content (AvgIpc) is 2.15. The molecule has 1 N–H and O–H groups in total. The monoisotopic (exact) mass is 123 g/mol. The molecule has 1 heterocycles. The Morgan fingerprint density at radius 1 is 1.78 bits per heavy atom. The van der Waals surface area contributed by atoms with Crippen LogP contribution in [0.2, 0.25) is 0 Å². The molecule has 0 aromatic rings. The summed E-state index contributed by atoms with van der Waals surface area (Å²) in [7, 11) is 0. The fourth-order valence-corrected chi connectivity index (χ4v) is 0.526. The highest BCUT2D eigenvalue weighted by Gasteiger charge is 2.14. The van der Waals surface area contributed by atoms with Crippen LogP contribution in [0.1, 0.15) is 0 Å². The number of rotatable bonds is 1. The molecular weight excluding hydrogens is 118 g/mol. The summed E-state index contributed by atoms with van der Waals surface area (Å²) in [5.41, 5.74) is 0.250. The van der Waals surface area contributed by atoms with E-state index in [4.69, 9.17) is 5.11 Å². The summed E-state index contributed by atoms with van der Waals surface area (Å²) in [6, 6.07) is 0. The lowest BCUT2D eigenvalue weighted by Crippen LogP contribution is -1.97. The number of aliphatic hydroxyl groups is 1. The number of allylic oxidation sites excluding steroid dienone is 2. The van der Waals surface area contributed by atoms with Crippen LogP contribution < -0.4 is 0 Å². The molecule has 1 aliphatic heterocycles. The summed E-state index contributed by atoms with van der Waals surface area (Å²) in [5, 5.41) is 8.79. The molecule has 0 spiro atoms. The molecule has 9 heavy (non-hydrogen) atoms. The zero-order valence-electron chi connectivity index (χ0n) is 4.66. The maximum absolute atomic E-state index is 10.4. The lowest BCUT2D eigenvalue weighted by Gasteiger charge is -1.85. The number of carbonyl (C=O) groups is 1. The van der Waals surface area contributed by atoms with Crippen LogP contribution in [0.5, 0.6) is 0 Å². The van der Waals surface area contributed by atoms with Gasteiger partial charge < -0.3 is 5.11 Å². The summed E-state index contributed by atoms with van der Waals surface area (Å²) < 4.78 is 0. The maximum Gasteiger partial charge on any atom is 0.240 e. The van der Waals surface area contributed by atoms with Gasteiger partial charge >= 0.3 is 0 Å². The van der Waals surface area contributed by atoms with Crippen molar-refractivity contribution in [2.45, 2.75) is 0 Å². The first-order chi connectivity index (χ1) is 4.25. The van der Waals surface area contributed by atoms with Crippen molar-refractivity contribution in [3.05, 3.63) is 24.1 Å². The Morgan fingerprint density at radius 2 is 2.44 bits per heavy atom. The van der Waals surface area contributed by atoms with Gasteiger partial charge in [-0.15, -0.1) is 0 Å². The Hall–Kier alpha value is -1.38. The Morgan fingerprint density at radius 3 is 2.67 bits per heavy atom. The van der Waals surface area contributed by atoms with E-state index >= 15 is 0 Å². The van der Waals surface area contributed by atoms with Crippen molar-refractivity contribution in [1.82, 2.24) is 0 Å². The third-order valence-electron chi connectivity index (χ3n) is 0.990. The molecule has 1 rings (SSSR count). The molecule has 0 fully saturated rings. The average molecular weight is 123 g/mol. The van der Waals surface area contributed by atoms with E-state index in [1.54, 1.807) is 0 Å². The predicted molar refractivity (Wildman–Crippen MR) is 33.4 cm³/mol. The Kier molecular flexibility index (Phi) is 1.18. The summed E-state index contributed by atoms with van der Waals surface area (Å²) in [5.74, 6) is -0.769. The van der Waals surface area contributed by atoms with Crippen LogP contribution in [-0.4, -0.2) is 17.1 Å². The van der Waals surface area contributed by atoms with E-state index in [2.05, 4.69) is 11.6 Å². The van der Waals surface area contributed by atoms with Gasteiger partial charge in [-0.3, -0.25) is 4.79 Å². The minimum absolute atomic E-state index is 0.250. The third kappa shape index (κ3) is 0.762. The molecule has 0 aromatic carbocycles. The van der Waals surface area contributed by atoms with Crippen molar-refractivity contribution in [3.63, 3.8) is 0 Å². The standard InChI is InChI=1S/C6H5NO2/c1-2-4-6(9)5(8)3-7-4/h2-3H,1H2,(H,8,9). The van der Waals surface area contributed by atoms with Crippen LogP contribution in [0.15, 0.2) is 29.1 Å². The van der Waals surface area contributed by atoms with Gasteiger partial charge in [0.2, 0.25) is 5.78 Å². The number of aliphatic imine (C=N–C) groups is 1. The van der Waals surface area contributed by atoms with E-state index in [0.29, 0.717) is 0 Å². The molecule has 0 unspecified atom stereocenters. The second kappa shape index (κ2) is 1.85. The molecule has 0 amide bonds. The van der Waals surface area contributed by atoms with Gasteiger partial charge in [-0.1, -0.05) is 6.58 Å². The van der Waals surface area contributed by atoms with Gasteiger partial charge in [-0.25, -0.2) is 4.99 Å². The van der Waals surface area contributed by atoms with Gasteiger partial charge in [0.15, 0.2) is 5.76 Å². The van der Waals surface area contributed by atoms with E-state index in [1.165, 1.54) is 6.08 Å². The number of nitrogens with zero attached hydrogens (tertiary/aromatic N) is 1. The van der Waals surface area contributed by atoms with Crippen LogP contribution in [-0.2, 0) is 4.79 Å². The lowest BCUT2D eigenvalue weighted by atomic mass is 10.3. The molecule has 3 heteroatoms. The molecule has 0 atom stereocenters. The highest BCUT2D eigenvalue weighted by atomic mass is 16.3. The molecule has 0 bridgehead atoms. The molecule has 3 nitrogen and oxygen atoms in total. The van der Waals surface area contributed by atoms with Crippen LogP contribution in [0, 0.1) is 0 Å². The number of hydrogen-bond acceptors (Lipinski definition) is 3. The largest absolute Gasteiger partial charge is 0.503 e. The predicted octanol–water partition coefficient (Wildman–Crippen LogP) is 0.595. The van der Waals surface area contributed by atoms with Gasteiger partial charge in [0, 0.05) is 0 Å². The summed E-state index contributed by atoms with van der Waals surface area (Å²) >= 11 is 0. The van der Waals surface area contributed by atoms with E-state index in [-0.39, 0.29) is 11.5 Å². The fraction of sp³-hybridized carbons (Fsp3) is 0. The Labute approximate surface area is 52.0 Å². The number of aliphatic hydroxyl groups excluding tert-OH is 1. The van der Waals surface area contributed by atoms with Crippen molar-refractivity contribution in [1.29, 1.82) is 0 Å². The van der Waals surface area contributed by atoms with E-state index in [1.807, 2.05) is 0 Å². The molecule has 0 radical (unpaired) electrons. The van der Waals surface area contributed by atoms with E-state index in [0.717, 1.165) is 6.21 Å². The quantitative estimate of drug-likeness (QED) is 0.554. The fourth-order valence-electron chi connectivity index (χ4n) is 0.526. The molecule has 0 saturated heterocycles. The minimum Gasteiger partial charge on any atom is -0.503 e. The molecule has 0 aromatic heterocycles. The van der Waals surface area contributed by atoms with Gasteiger partial charge in [0.05, 0.1) is 6.21 Å². The topological polar surface area (TPSA) is 49.7 Å². The van der Waals surface area contributed by atoms with E-state index in [9.17, 15) is 4.79 Å². The molecule has 0 aliphatic carbocycles. The van der Waals surface area contributed by atoms with Crippen molar-refractivity contribution in [2.24, 2.45) is 4.99 Å². The normalized spacial score (nSPS) is 17.1. The van der Waals surface area contributed by atoms with Crippen LogP contribution in [0.3, 0.4) is 0 Å².